The summed E-state index contributed by atoms with van der Waals surface area (Å²) < 4.78 is 0. The molecule has 0 bridgehead atoms. The van der Waals surface area contributed by atoms with E-state index in [1.165, 1.54) is 11.1 Å². The molecular weight excluding hydrogens is 356 g/mol. The van der Waals surface area contributed by atoms with Crippen LogP contribution in [-0.4, -0.2) is 10.9 Å². The molecule has 2 heteroatoms. The number of benzene rings is 4. The van der Waals surface area contributed by atoms with Crippen LogP contribution in [0, 0.1) is 0 Å². The quantitative estimate of drug-likeness (QED) is 0.287. The molecule has 0 aliphatic heterocycles. The second-order valence-electron chi connectivity index (χ2n) is 7.79. The molecule has 4 aromatic carbocycles. The molecule has 0 radical (unpaired) electrons. The number of carbonyl (C=O) groups is 1. The minimum atomic E-state index is 0.117. The van der Waals surface area contributed by atoms with Crippen molar-refractivity contribution in [1.82, 2.24) is 0 Å². The molecule has 1 unspecified atom stereocenters. The maximum absolute atomic E-state index is 13.4. The van der Waals surface area contributed by atoms with Crippen molar-refractivity contribution in [2.24, 2.45) is 0 Å². The van der Waals surface area contributed by atoms with Gasteiger partial charge in [0.25, 0.3) is 0 Å². The average molecular weight is 383 g/mol. The summed E-state index contributed by atoms with van der Waals surface area (Å²) in [6.45, 7) is 4.43. The zero-order valence-corrected chi connectivity index (χ0v) is 17.0. The predicted molar refractivity (Wildman–Crippen MR) is 121 cm³/mol. The number of carbonyl (C=O) groups excluding carboxylic acids is 1. The van der Waals surface area contributed by atoms with Crippen LogP contribution in [0.4, 0.5) is 0 Å². The molecule has 0 saturated carbocycles. The van der Waals surface area contributed by atoms with Gasteiger partial charge in [-0.15, -0.1) is 0 Å². The van der Waals surface area contributed by atoms with Gasteiger partial charge in [0.15, 0.2) is 5.78 Å². The van der Waals surface area contributed by atoms with Crippen LogP contribution in [-0.2, 0) is 6.42 Å². The van der Waals surface area contributed by atoms with E-state index >= 15 is 0 Å². The smallest absolute Gasteiger partial charge is 0.164 e. The van der Waals surface area contributed by atoms with Crippen molar-refractivity contribution in [3.05, 3.63) is 89.5 Å². The van der Waals surface area contributed by atoms with Crippen LogP contribution in [0.1, 0.15) is 54.1 Å². The molecule has 0 aromatic heterocycles. The Bertz CT molecular complexity index is 1130. The molecular formula is C27H26O2. The van der Waals surface area contributed by atoms with Gasteiger partial charge in [-0.25, -0.2) is 0 Å². The maximum atomic E-state index is 13.4. The first-order valence-electron chi connectivity index (χ1n) is 10.3. The molecule has 0 saturated heterocycles. The first-order chi connectivity index (χ1) is 14.1. The van der Waals surface area contributed by atoms with Gasteiger partial charge >= 0.3 is 0 Å². The minimum Gasteiger partial charge on any atom is -0.507 e. The fraction of sp³-hybridized carbons (Fsp3) is 0.222. The lowest BCUT2D eigenvalue weighted by molar-refractivity contribution is 0.0986. The number of aryl methyl sites for hydroxylation is 1. The zero-order valence-electron chi connectivity index (χ0n) is 17.0. The van der Waals surface area contributed by atoms with Crippen molar-refractivity contribution in [3.63, 3.8) is 0 Å². The van der Waals surface area contributed by atoms with Crippen LogP contribution in [0.3, 0.4) is 0 Å². The fourth-order valence-electron chi connectivity index (χ4n) is 4.08. The van der Waals surface area contributed by atoms with Crippen molar-refractivity contribution >= 4 is 27.3 Å². The van der Waals surface area contributed by atoms with Gasteiger partial charge in [-0.05, 0) is 40.7 Å². The molecule has 0 heterocycles. The highest BCUT2D eigenvalue weighted by atomic mass is 16.3. The van der Waals surface area contributed by atoms with E-state index < -0.39 is 0 Å². The second-order valence-corrected chi connectivity index (χ2v) is 7.79. The van der Waals surface area contributed by atoms with Gasteiger partial charge in [0, 0.05) is 22.8 Å². The van der Waals surface area contributed by atoms with E-state index in [1.54, 1.807) is 0 Å². The van der Waals surface area contributed by atoms with E-state index in [9.17, 15) is 9.90 Å². The Morgan fingerprint density at radius 2 is 1.45 bits per heavy atom. The lowest BCUT2D eigenvalue weighted by Crippen LogP contribution is -2.04. The van der Waals surface area contributed by atoms with E-state index in [0.29, 0.717) is 24.3 Å². The third-order valence-corrected chi connectivity index (χ3v) is 5.96. The van der Waals surface area contributed by atoms with Gasteiger partial charge in [0.1, 0.15) is 5.75 Å². The summed E-state index contributed by atoms with van der Waals surface area (Å²) in [6.07, 6.45) is 2.27. The Balaban J connectivity index is 1.71. The zero-order chi connectivity index (χ0) is 20.4. The Morgan fingerprint density at radius 1 is 0.862 bits per heavy atom. The van der Waals surface area contributed by atoms with E-state index in [2.05, 4.69) is 38.1 Å². The van der Waals surface area contributed by atoms with Crippen molar-refractivity contribution in [2.75, 3.05) is 0 Å². The van der Waals surface area contributed by atoms with Gasteiger partial charge in [-0.1, -0.05) is 86.6 Å². The summed E-state index contributed by atoms with van der Waals surface area (Å²) in [7, 11) is 0. The van der Waals surface area contributed by atoms with Crippen molar-refractivity contribution in [3.8, 4) is 5.75 Å². The number of aromatic hydroxyl groups is 1. The topological polar surface area (TPSA) is 37.3 Å². The normalized spacial score (nSPS) is 12.3. The van der Waals surface area contributed by atoms with Crippen LogP contribution in [0.2, 0.25) is 0 Å². The van der Waals surface area contributed by atoms with Gasteiger partial charge < -0.3 is 5.11 Å². The Morgan fingerprint density at radius 3 is 2.03 bits per heavy atom. The van der Waals surface area contributed by atoms with Crippen molar-refractivity contribution < 1.29 is 9.90 Å². The molecule has 2 nitrogen and oxygen atoms in total. The van der Waals surface area contributed by atoms with Gasteiger partial charge in [-0.3, -0.25) is 4.79 Å². The summed E-state index contributed by atoms with van der Waals surface area (Å²) >= 11 is 0. The lowest BCUT2D eigenvalue weighted by atomic mass is 9.90. The number of fused-ring (bicyclic) bond motifs is 2. The highest BCUT2D eigenvalue weighted by Gasteiger charge is 2.18. The molecule has 4 rings (SSSR count). The Kier molecular flexibility index (Phi) is 5.35. The van der Waals surface area contributed by atoms with E-state index in [0.717, 1.165) is 28.0 Å². The molecule has 0 fully saturated rings. The summed E-state index contributed by atoms with van der Waals surface area (Å²) in [4.78, 5) is 13.4. The van der Waals surface area contributed by atoms with E-state index in [1.807, 2.05) is 48.5 Å². The molecule has 0 aliphatic carbocycles. The lowest BCUT2D eigenvalue weighted by Gasteiger charge is -2.14. The van der Waals surface area contributed by atoms with Gasteiger partial charge in [0.05, 0.1) is 0 Å². The molecule has 0 amide bonds. The second kappa shape index (κ2) is 8.08. The van der Waals surface area contributed by atoms with Crippen LogP contribution in [0.5, 0.6) is 5.75 Å². The molecule has 0 spiro atoms. The van der Waals surface area contributed by atoms with Crippen LogP contribution < -0.4 is 0 Å². The highest BCUT2D eigenvalue weighted by Crippen LogP contribution is 2.38. The number of hydrogen-bond donors (Lipinski definition) is 1. The van der Waals surface area contributed by atoms with Gasteiger partial charge in [-0.2, -0.15) is 0 Å². The minimum absolute atomic E-state index is 0.117. The number of ketones is 1. The third kappa shape index (κ3) is 3.63. The first-order valence-corrected chi connectivity index (χ1v) is 10.3. The Labute approximate surface area is 171 Å². The van der Waals surface area contributed by atoms with Crippen LogP contribution in [0.15, 0.2) is 72.8 Å². The largest absolute Gasteiger partial charge is 0.507 e. The van der Waals surface area contributed by atoms with Crippen LogP contribution >= 0.6 is 0 Å². The summed E-state index contributed by atoms with van der Waals surface area (Å²) in [5, 5.41) is 13.8. The maximum Gasteiger partial charge on any atom is 0.164 e. The third-order valence-electron chi connectivity index (χ3n) is 5.96. The number of phenolic OH excluding ortho intramolecular Hbond substituents is 1. The molecule has 146 valence electrons. The van der Waals surface area contributed by atoms with E-state index in [4.69, 9.17) is 0 Å². The molecule has 29 heavy (non-hydrogen) atoms. The van der Waals surface area contributed by atoms with Crippen LogP contribution in [0.25, 0.3) is 21.5 Å². The Hall–Kier alpha value is -3.13. The monoisotopic (exact) mass is 382 g/mol. The predicted octanol–water partition coefficient (Wildman–Crippen LogP) is 7.03. The van der Waals surface area contributed by atoms with Gasteiger partial charge in [0.2, 0.25) is 0 Å². The first kappa shape index (κ1) is 19.2. The molecule has 0 aliphatic rings. The molecule has 1 atom stereocenters. The molecule has 4 aromatic rings. The molecule has 1 N–H and O–H groups in total. The number of rotatable bonds is 6. The highest BCUT2D eigenvalue weighted by molar-refractivity contribution is 6.21. The number of hydrogen-bond acceptors (Lipinski definition) is 2. The summed E-state index contributed by atoms with van der Waals surface area (Å²) in [5.74, 6) is 0.885. The standard InChI is InChI=1S/C27H26O2/c1-3-18(2)20-10-8-9-19(17-20)15-16-25(28)26-21-11-4-6-13-23(21)27(29)24-14-7-5-12-22(24)26/h4-14,17-18,29H,3,15-16H2,1-2H3. The van der Waals surface area contributed by atoms with E-state index in [-0.39, 0.29) is 11.5 Å². The van der Waals surface area contributed by atoms with Crippen molar-refractivity contribution in [1.29, 1.82) is 0 Å². The summed E-state index contributed by atoms with van der Waals surface area (Å²) in [5.41, 5.74) is 3.24. The number of phenols is 1. The SMILES string of the molecule is CCC(C)c1cccc(CCC(=O)c2c3ccccc3c(O)c3ccccc23)c1. The average Bonchev–Trinajstić information content (AvgIpc) is 2.77. The van der Waals surface area contributed by atoms with Crippen molar-refractivity contribution in [2.45, 2.75) is 39.0 Å². The summed E-state index contributed by atoms with van der Waals surface area (Å²) in [6, 6.07) is 23.8. The fourth-order valence-corrected chi connectivity index (χ4v) is 4.08. The number of Topliss-reactive ketones (excluding diaryl/α,β-unsaturated/α-hetero) is 1.